The predicted octanol–water partition coefficient (Wildman–Crippen LogP) is 3.37. The van der Waals surface area contributed by atoms with Gasteiger partial charge >= 0.3 is 0 Å². The first-order valence-electron chi connectivity index (χ1n) is 6.61. The minimum absolute atomic E-state index is 0.146. The maximum absolute atomic E-state index is 5.84. The molecular formula is C15H18N2OS. The summed E-state index contributed by atoms with van der Waals surface area (Å²) in [6.45, 7) is 0.474. The molecule has 0 spiro atoms. The highest BCUT2D eigenvalue weighted by Crippen LogP contribution is 2.45. The van der Waals surface area contributed by atoms with Crippen LogP contribution in [0.3, 0.4) is 0 Å². The van der Waals surface area contributed by atoms with Gasteiger partial charge in [0.1, 0.15) is 11.1 Å². The van der Waals surface area contributed by atoms with Gasteiger partial charge in [-0.25, -0.2) is 4.98 Å². The van der Waals surface area contributed by atoms with Crippen molar-refractivity contribution in [2.24, 2.45) is 11.7 Å². The number of benzene rings is 1. The van der Waals surface area contributed by atoms with Crippen LogP contribution in [0.2, 0.25) is 0 Å². The third kappa shape index (κ3) is 2.56. The molecule has 1 saturated carbocycles. The van der Waals surface area contributed by atoms with Crippen LogP contribution in [0.1, 0.15) is 29.6 Å². The molecule has 0 radical (unpaired) electrons. The van der Waals surface area contributed by atoms with Crippen molar-refractivity contribution < 1.29 is 4.74 Å². The molecule has 1 aliphatic carbocycles. The summed E-state index contributed by atoms with van der Waals surface area (Å²) in [4.78, 5) is 5.89. The normalized spacial score (nSPS) is 16.5. The van der Waals surface area contributed by atoms with E-state index < -0.39 is 0 Å². The van der Waals surface area contributed by atoms with E-state index in [-0.39, 0.29) is 6.10 Å². The number of methoxy groups -OCH3 is 1. The lowest BCUT2D eigenvalue weighted by Crippen LogP contribution is -2.04. The Labute approximate surface area is 117 Å². The van der Waals surface area contributed by atoms with Crippen molar-refractivity contribution in [1.82, 2.24) is 4.98 Å². The van der Waals surface area contributed by atoms with Crippen LogP contribution in [0, 0.1) is 5.92 Å². The molecule has 2 N–H and O–H groups in total. The Morgan fingerprint density at radius 1 is 1.37 bits per heavy atom. The molecule has 3 rings (SSSR count). The number of nitrogens with zero attached hydrogens (tertiary/aromatic N) is 1. The van der Waals surface area contributed by atoms with E-state index in [1.165, 1.54) is 23.3 Å². The van der Waals surface area contributed by atoms with Crippen molar-refractivity contribution >= 4 is 11.3 Å². The molecule has 0 bridgehead atoms. The van der Waals surface area contributed by atoms with Gasteiger partial charge in [-0.15, -0.1) is 11.3 Å². The van der Waals surface area contributed by atoms with Gasteiger partial charge in [0.15, 0.2) is 0 Å². The molecule has 2 aromatic rings. The fraction of sp³-hybridized carbons (Fsp3) is 0.400. The van der Waals surface area contributed by atoms with Crippen molar-refractivity contribution in [2.75, 3.05) is 7.11 Å². The van der Waals surface area contributed by atoms with Crippen LogP contribution < -0.4 is 5.73 Å². The largest absolute Gasteiger partial charge is 0.374 e. The molecule has 0 aliphatic heterocycles. The third-order valence-corrected chi connectivity index (χ3v) is 4.70. The molecule has 1 aliphatic rings. The number of hydrogen-bond donors (Lipinski definition) is 1. The molecule has 0 amide bonds. The zero-order chi connectivity index (χ0) is 13.2. The number of ether oxygens (including phenoxy) is 1. The Morgan fingerprint density at radius 3 is 2.68 bits per heavy atom. The van der Waals surface area contributed by atoms with Gasteiger partial charge in [-0.2, -0.15) is 0 Å². The molecule has 1 unspecified atom stereocenters. The topological polar surface area (TPSA) is 48.1 Å². The number of thiazole rings is 1. The smallest absolute Gasteiger partial charge is 0.123 e. The number of nitrogens with two attached hydrogens (primary N) is 1. The monoisotopic (exact) mass is 274 g/mol. The van der Waals surface area contributed by atoms with Gasteiger partial charge in [-0.1, -0.05) is 30.3 Å². The summed E-state index contributed by atoms with van der Waals surface area (Å²) in [5, 5.41) is 1.07. The number of aromatic nitrogens is 1. The van der Waals surface area contributed by atoms with E-state index in [0.717, 1.165) is 10.7 Å². The molecule has 0 saturated heterocycles. The van der Waals surface area contributed by atoms with E-state index in [0.29, 0.717) is 12.5 Å². The molecule has 19 heavy (non-hydrogen) atoms. The Morgan fingerprint density at radius 2 is 2.11 bits per heavy atom. The highest BCUT2D eigenvalue weighted by molar-refractivity contribution is 7.15. The first kappa shape index (κ1) is 12.8. The molecule has 1 fully saturated rings. The number of hydrogen-bond acceptors (Lipinski definition) is 4. The Bertz CT molecular complexity index is 549. The average molecular weight is 274 g/mol. The molecule has 1 atom stereocenters. The van der Waals surface area contributed by atoms with Gasteiger partial charge in [-0.05, 0) is 24.3 Å². The van der Waals surface area contributed by atoms with Gasteiger partial charge < -0.3 is 10.5 Å². The maximum atomic E-state index is 5.84. The highest BCUT2D eigenvalue weighted by atomic mass is 32.1. The zero-order valence-corrected chi connectivity index (χ0v) is 11.8. The Kier molecular flexibility index (Phi) is 3.64. The van der Waals surface area contributed by atoms with Crippen LogP contribution in [0.5, 0.6) is 0 Å². The van der Waals surface area contributed by atoms with E-state index in [4.69, 9.17) is 15.5 Å². The molecule has 3 nitrogen and oxygen atoms in total. The van der Waals surface area contributed by atoms with E-state index in [2.05, 4.69) is 12.1 Å². The van der Waals surface area contributed by atoms with Crippen LogP contribution in [0.4, 0.5) is 0 Å². The number of rotatable bonds is 5. The minimum Gasteiger partial charge on any atom is -0.374 e. The fourth-order valence-electron chi connectivity index (χ4n) is 2.34. The SMILES string of the molecule is COC(c1nc(CN)c(-c2ccccc2)s1)C1CC1. The van der Waals surface area contributed by atoms with Crippen LogP contribution in [0.25, 0.3) is 10.4 Å². The second-order valence-electron chi connectivity index (χ2n) is 4.89. The van der Waals surface area contributed by atoms with Gasteiger partial charge in [-0.3, -0.25) is 0 Å². The first-order chi connectivity index (χ1) is 9.33. The van der Waals surface area contributed by atoms with E-state index >= 15 is 0 Å². The van der Waals surface area contributed by atoms with Crippen LogP contribution in [-0.2, 0) is 11.3 Å². The van der Waals surface area contributed by atoms with Crippen molar-refractivity contribution in [3.63, 3.8) is 0 Å². The molecule has 1 aromatic carbocycles. The van der Waals surface area contributed by atoms with Crippen LogP contribution in [-0.4, -0.2) is 12.1 Å². The molecule has 100 valence electrons. The van der Waals surface area contributed by atoms with E-state index in [1.807, 2.05) is 18.2 Å². The quantitative estimate of drug-likeness (QED) is 0.909. The van der Waals surface area contributed by atoms with Crippen LogP contribution in [0.15, 0.2) is 30.3 Å². The molecular weight excluding hydrogens is 256 g/mol. The van der Waals surface area contributed by atoms with Gasteiger partial charge in [0.05, 0.1) is 10.6 Å². The molecule has 1 heterocycles. The average Bonchev–Trinajstić information content (AvgIpc) is 3.19. The van der Waals surface area contributed by atoms with E-state index in [1.54, 1.807) is 18.4 Å². The molecule has 4 heteroatoms. The second kappa shape index (κ2) is 5.41. The maximum Gasteiger partial charge on any atom is 0.123 e. The Balaban J connectivity index is 1.98. The lowest BCUT2D eigenvalue weighted by molar-refractivity contribution is 0.0842. The summed E-state index contributed by atoms with van der Waals surface area (Å²) in [5.74, 6) is 0.644. The summed E-state index contributed by atoms with van der Waals surface area (Å²) in [5.41, 5.74) is 8.01. The minimum atomic E-state index is 0.146. The summed E-state index contributed by atoms with van der Waals surface area (Å²) < 4.78 is 5.62. The van der Waals surface area contributed by atoms with Crippen molar-refractivity contribution in [3.8, 4) is 10.4 Å². The van der Waals surface area contributed by atoms with E-state index in [9.17, 15) is 0 Å². The van der Waals surface area contributed by atoms with Crippen molar-refractivity contribution in [3.05, 3.63) is 41.0 Å². The summed E-state index contributed by atoms with van der Waals surface area (Å²) >= 11 is 1.72. The second-order valence-corrected chi connectivity index (χ2v) is 5.92. The van der Waals surface area contributed by atoms with Crippen LogP contribution >= 0.6 is 11.3 Å². The van der Waals surface area contributed by atoms with Gasteiger partial charge in [0.2, 0.25) is 0 Å². The van der Waals surface area contributed by atoms with Gasteiger partial charge in [0, 0.05) is 13.7 Å². The zero-order valence-electron chi connectivity index (χ0n) is 11.0. The summed E-state index contributed by atoms with van der Waals surface area (Å²) in [6.07, 6.45) is 2.64. The lowest BCUT2D eigenvalue weighted by atomic mass is 10.1. The van der Waals surface area contributed by atoms with Crippen molar-refractivity contribution in [1.29, 1.82) is 0 Å². The first-order valence-corrected chi connectivity index (χ1v) is 7.43. The predicted molar refractivity (Wildman–Crippen MR) is 77.9 cm³/mol. The molecule has 1 aromatic heterocycles. The fourth-order valence-corrected chi connectivity index (χ4v) is 3.61. The Hall–Kier alpha value is -1.23. The summed E-state index contributed by atoms with van der Waals surface area (Å²) in [6, 6.07) is 10.3. The lowest BCUT2D eigenvalue weighted by Gasteiger charge is -2.10. The third-order valence-electron chi connectivity index (χ3n) is 3.49. The summed E-state index contributed by atoms with van der Waals surface area (Å²) in [7, 11) is 1.77. The van der Waals surface area contributed by atoms with Crippen molar-refractivity contribution in [2.45, 2.75) is 25.5 Å². The van der Waals surface area contributed by atoms with Gasteiger partial charge in [0.25, 0.3) is 0 Å². The standard InChI is InChI=1S/C15H18N2OS/c1-18-13(10-7-8-10)15-17-12(9-16)14(19-15)11-5-3-2-4-6-11/h2-6,10,13H,7-9,16H2,1H3. The highest BCUT2D eigenvalue weighted by Gasteiger charge is 2.35.